The van der Waals surface area contributed by atoms with Crippen LogP contribution in [-0.2, 0) is 0 Å². The molecule has 80 valence electrons. The predicted molar refractivity (Wildman–Crippen MR) is 64.9 cm³/mol. The number of aryl methyl sites for hydroxylation is 1. The number of hydrogen-bond donors (Lipinski definition) is 0. The molecular weight excluding hydrogens is 262 g/mol. The van der Waals surface area contributed by atoms with Crippen LogP contribution in [0.5, 0.6) is 0 Å². The van der Waals surface area contributed by atoms with Crippen molar-refractivity contribution in [2.24, 2.45) is 0 Å². The first kappa shape index (κ1) is 11.4. The van der Waals surface area contributed by atoms with Gasteiger partial charge in [0, 0.05) is 9.92 Å². The summed E-state index contributed by atoms with van der Waals surface area (Å²) in [6.07, 6.45) is 0. The Morgan fingerprint density at radius 3 is 2.88 bits per heavy atom. The molecule has 0 bridgehead atoms. The fourth-order valence-electron chi connectivity index (χ4n) is 1.09. The summed E-state index contributed by atoms with van der Waals surface area (Å²) in [6.45, 7) is 1.89. The van der Waals surface area contributed by atoms with Crippen molar-refractivity contribution in [1.29, 1.82) is 5.26 Å². The molecule has 6 heteroatoms. The van der Waals surface area contributed by atoms with E-state index in [2.05, 4.69) is 16.3 Å². The van der Waals surface area contributed by atoms with Crippen LogP contribution in [0.4, 0.5) is 0 Å². The van der Waals surface area contributed by atoms with E-state index in [1.54, 1.807) is 18.2 Å². The molecule has 0 N–H and O–H groups in total. The fourth-order valence-corrected chi connectivity index (χ4v) is 3.22. The third kappa shape index (κ3) is 2.53. The highest BCUT2D eigenvalue weighted by atomic mass is 35.5. The first-order valence-corrected chi connectivity index (χ1v) is 6.38. The third-order valence-electron chi connectivity index (χ3n) is 1.77. The van der Waals surface area contributed by atoms with Gasteiger partial charge in [-0.3, -0.25) is 0 Å². The van der Waals surface area contributed by atoms with E-state index in [-0.39, 0.29) is 0 Å². The molecule has 0 unspecified atom stereocenters. The first-order chi connectivity index (χ1) is 7.69. The minimum atomic E-state index is 0.599. The van der Waals surface area contributed by atoms with Crippen molar-refractivity contribution in [2.75, 3.05) is 0 Å². The second kappa shape index (κ2) is 4.83. The lowest BCUT2D eigenvalue weighted by molar-refractivity contribution is 0.983. The summed E-state index contributed by atoms with van der Waals surface area (Å²) in [5.74, 6) is 0. The predicted octanol–water partition coefficient (Wildman–Crippen LogP) is 3.52. The number of nitrogens with zero attached hydrogens (tertiary/aromatic N) is 3. The molecule has 2 rings (SSSR count). The molecule has 0 saturated heterocycles. The van der Waals surface area contributed by atoms with Gasteiger partial charge >= 0.3 is 0 Å². The number of halogens is 1. The van der Waals surface area contributed by atoms with Crippen molar-refractivity contribution in [1.82, 2.24) is 10.2 Å². The van der Waals surface area contributed by atoms with Crippen LogP contribution in [0.25, 0.3) is 0 Å². The van der Waals surface area contributed by atoms with Crippen LogP contribution in [0.2, 0.25) is 5.02 Å². The van der Waals surface area contributed by atoms with Gasteiger partial charge in [-0.1, -0.05) is 34.7 Å². The number of rotatable bonds is 2. The van der Waals surface area contributed by atoms with E-state index >= 15 is 0 Å². The van der Waals surface area contributed by atoms with E-state index < -0.39 is 0 Å². The minimum Gasteiger partial charge on any atom is -0.192 e. The van der Waals surface area contributed by atoms with Crippen LogP contribution < -0.4 is 0 Å². The Morgan fingerprint density at radius 1 is 1.44 bits per heavy atom. The molecule has 0 amide bonds. The SMILES string of the molecule is Cc1nnc(Sc2cc(Cl)ccc2C#N)s1. The van der Waals surface area contributed by atoms with Gasteiger partial charge in [0.05, 0.1) is 5.56 Å². The summed E-state index contributed by atoms with van der Waals surface area (Å²) < 4.78 is 0.816. The van der Waals surface area contributed by atoms with Gasteiger partial charge in [-0.15, -0.1) is 10.2 Å². The maximum atomic E-state index is 8.95. The molecule has 0 saturated carbocycles. The first-order valence-electron chi connectivity index (χ1n) is 4.36. The molecule has 0 aliphatic heterocycles. The minimum absolute atomic E-state index is 0.599. The van der Waals surface area contributed by atoms with Gasteiger partial charge in [-0.2, -0.15) is 5.26 Å². The van der Waals surface area contributed by atoms with Gasteiger partial charge in [0.15, 0.2) is 4.34 Å². The molecule has 2 aromatic rings. The molecule has 1 heterocycles. The second-order valence-electron chi connectivity index (χ2n) is 2.94. The van der Waals surface area contributed by atoms with Crippen LogP contribution in [0.3, 0.4) is 0 Å². The Hall–Kier alpha value is -1.09. The van der Waals surface area contributed by atoms with Crippen molar-refractivity contribution in [2.45, 2.75) is 16.2 Å². The maximum Gasteiger partial charge on any atom is 0.179 e. The molecule has 0 fully saturated rings. The summed E-state index contributed by atoms with van der Waals surface area (Å²) in [6, 6.07) is 7.30. The molecule has 1 aromatic heterocycles. The standard InChI is InChI=1S/C10H6ClN3S2/c1-6-13-14-10(15-6)16-9-4-8(11)3-2-7(9)5-12/h2-4H,1H3. The monoisotopic (exact) mass is 267 g/mol. The van der Waals surface area contributed by atoms with Crippen LogP contribution in [0.1, 0.15) is 10.6 Å². The smallest absolute Gasteiger partial charge is 0.179 e. The summed E-state index contributed by atoms with van der Waals surface area (Å²) >= 11 is 8.80. The summed E-state index contributed by atoms with van der Waals surface area (Å²) in [5, 5.41) is 18.4. The lowest BCUT2D eigenvalue weighted by Gasteiger charge is -2.00. The molecule has 0 aliphatic carbocycles. The molecule has 0 atom stereocenters. The largest absolute Gasteiger partial charge is 0.192 e. The average molecular weight is 268 g/mol. The van der Waals surface area contributed by atoms with Crippen molar-refractivity contribution in [3.63, 3.8) is 0 Å². The number of nitriles is 1. The molecule has 0 spiro atoms. The summed E-state index contributed by atoms with van der Waals surface area (Å²) in [5.41, 5.74) is 0.599. The van der Waals surface area contributed by atoms with Crippen LogP contribution >= 0.6 is 34.7 Å². The highest BCUT2D eigenvalue weighted by Crippen LogP contribution is 2.33. The van der Waals surface area contributed by atoms with Crippen LogP contribution in [-0.4, -0.2) is 10.2 Å². The Balaban J connectivity index is 2.34. The summed E-state index contributed by atoms with van der Waals surface area (Å²) in [4.78, 5) is 0.811. The Bertz CT molecular complexity index is 559. The third-order valence-corrected chi connectivity index (χ3v) is 3.95. The quantitative estimate of drug-likeness (QED) is 0.835. The van der Waals surface area contributed by atoms with E-state index in [0.29, 0.717) is 10.6 Å². The Morgan fingerprint density at radius 2 is 2.25 bits per heavy atom. The fraction of sp³-hybridized carbons (Fsp3) is 0.100. The van der Waals surface area contributed by atoms with Crippen molar-refractivity contribution >= 4 is 34.7 Å². The Kier molecular flexibility index (Phi) is 3.44. The van der Waals surface area contributed by atoms with Gasteiger partial charge in [0.25, 0.3) is 0 Å². The van der Waals surface area contributed by atoms with E-state index in [9.17, 15) is 0 Å². The normalized spacial score (nSPS) is 10.1. The van der Waals surface area contributed by atoms with Crippen LogP contribution in [0.15, 0.2) is 27.4 Å². The zero-order valence-electron chi connectivity index (χ0n) is 8.27. The molecule has 16 heavy (non-hydrogen) atoms. The van der Waals surface area contributed by atoms with Crippen molar-refractivity contribution in [3.8, 4) is 6.07 Å². The molecule has 1 aromatic carbocycles. The molecule has 3 nitrogen and oxygen atoms in total. The van der Waals surface area contributed by atoms with Gasteiger partial charge in [0.2, 0.25) is 0 Å². The molecule has 0 aliphatic rings. The highest BCUT2D eigenvalue weighted by Gasteiger charge is 2.08. The van der Waals surface area contributed by atoms with Crippen molar-refractivity contribution in [3.05, 3.63) is 33.8 Å². The number of hydrogen-bond acceptors (Lipinski definition) is 5. The highest BCUT2D eigenvalue weighted by molar-refractivity contribution is 8.01. The lowest BCUT2D eigenvalue weighted by Crippen LogP contribution is -1.81. The maximum absolute atomic E-state index is 8.95. The molecule has 0 radical (unpaired) electrons. The van der Waals surface area contributed by atoms with E-state index in [4.69, 9.17) is 16.9 Å². The Labute approximate surface area is 106 Å². The summed E-state index contributed by atoms with van der Waals surface area (Å²) in [7, 11) is 0. The topological polar surface area (TPSA) is 49.6 Å². The van der Waals surface area contributed by atoms with Gasteiger partial charge in [0.1, 0.15) is 11.1 Å². The lowest BCUT2D eigenvalue weighted by atomic mass is 10.2. The second-order valence-corrected chi connectivity index (χ2v) is 5.85. The number of aromatic nitrogens is 2. The average Bonchev–Trinajstić information content (AvgIpc) is 2.64. The zero-order chi connectivity index (χ0) is 11.5. The van der Waals surface area contributed by atoms with Gasteiger partial charge in [-0.25, -0.2) is 0 Å². The van der Waals surface area contributed by atoms with Crippen molar-refractivity contribution < 1.29 is 0 Å². The molecular formula is C10H6ClN3S2. The van der Waals surface area contributed by atoms with Gasteiger partial charge < -0.3 is 0 Å². The number of benzene rings is 1. The van der Waals surface area contributed by atoms with Gasteiger partial charge in [-0.05, 0) is 25.1 Å². The van der Waals surface area contributed by atoms with E-state index in [1.807, 2.05) is 6.92 Å². The van der Waals surface area contributed by atoms with Crippen LogP contribution in [0, 0.1) is 18.3 Å². The van der Waals surface area contributed by atoms with E-state index in [1.165, 1.54) is 23.1 Å². The zero-order valence-corrected chi connectivity index (χ0v) is 10.7. The van der Waals surface area contributed by atoms with E-state index in [0.717, 1.165) is 14.2 Å².